The Morgan fingerprint density at radius 1 is 1.20 bits per heavy atom. The maximum atomic E-state index is 13.2. The molecular formula is C12H10F3N3O2. The molecule has 0 spiro atoms. The summed E-state index contributed by atoms with van der Waals surface area (Å²) >= 11 is 0. The van der Waals surface area contributed by atoms with E-state index in [2.05, 4.69) is 5.10 Å². The number of aromatic nitrogens is 2. The van der Waals surface area contributed by atoms with Crippen molar-refractivity contribution < 1.29 is 22.6 Å². The van der Waals surface area contributed by atoms with Crippen molar-refractivity contribution in [3.05, 3.63) is 23.9 Å². The lowest BCUT2D eigenvalue weighted by atomic mass is 10.0. The molecule has 1 aliphatic heterocycles. The zero-order valence-electron chi connectivity index (χ0n) is 10.4. The third-order valence-electron chi connectivity index (χ3n) is 3.09. The maximum Gasteiger partial charge on any atom is 0.417 e. The van der Waals surface area contributed by atoms with Crippen LogP contribution >= 0.6 is 0 Å². The van der Waals surface area contributed by atoms with Gasteiger partial charge in [0.05, 0.1) is 11.8 Å². The number of hydrogen-bond donors (Lipinski definition) is 1. The first-order chi connectivity index (χ1) is 9.38. The Labute approximate surface area is 111 Å². The second-order valence-corrected chi connectivity index (χ2v) is 4.32. The van der Waals surface area contributed by atoms with Crippen molar-refractivity contribution in [3.8, 4) is 22.6 Å². The number of ether oxygens (including phenoxy) is 2. The highest BCUT2D eigenvalue weighted by atomic mass is 19.4. The Hall–Kier alpha value is -2.38. The zero-order chi connectivity index (χ0) is 14.5. The quantitative estimate of drug-likeness (QED) is 0.874. The van der Waals surface area contributed by atoms with Gasteiger partial charge in [-0.25, -0.2) is 0 Å². The molecule has 8 heteroatoms. The Bertz CT molecular complexity index is 679. The highest BCUT2D eigenvalue weighted by Gasteiger charge is 2.37. The van der Waals surface area contributed by atoms with Gasteiger partial charge in [-0.2, -0.15) is 18.3 Å². The molecule has 2 heterocycles. The molecule has 0 bridgehead atoms. The number of nitrogens with zero attached hydrogens (tertiary/aromatic N) is 2. The molecule has 2 aromatic rings. The molecular weight excluding hydrogens is 275 g/mol. The highest BCUT2D eigenvalue weighted by molar-refractivity contribution is 5.79. The largest absolute Gasteiger partial charge is 0.454 e. The van der Waals surface area contributed by atoms with Gasteiger partial charge in [-0.3, -0.25) is 4.68 Å². The Morgan fingerprint density at radius 3 is 2.40 bits per heavy atom. The number of anilines is 1. The first-order valence-corrected chi connectivity index (χ1v) is 5.66. The number of aryl methyl sites for hydroxylation is 1. The maximum absolute atomic E-state index is 13.2. The zero-order valence-corrected chi connectivity index (χ0v) is 10.4. The average Bonchev–Trinajstić information content (AvgIpc) is 2.94. The fourth-order valence-electron chi connectivity index (χ4n) is 2.05. The molecule has 1 aromatic carbocycles. The van der Waals surface area contributed by atoms with Gasteiger partial charge in [0.1, 0.15) is 5.82 Å². The van der Waals surface area contributed by atoms with Crippen LogP contribution in [-0.4, -0.2) is 16.6 Å². The second-order valence-electron chi connectivity index (χ2n) is 4.32. The third-order valence-corrected chi connectivity index (χ3v) is 3.09. The minimum Gasteiger partial charge on any atom is -0.454 e. The van der Waals surface area contributed by atoms with Gasteiger partial charge in [0.2, 0.25) is 6.79 Å². The average molecular weight is 285 g/mol. The van der Waals surface area contributed by atoms with Gasteiger partial charge in [-0.1, -0.05) is 0 Å². The van der Waals surface area contributed by atoms with E-state index in [0.29, 0.717) is 0 Å². The second kappa shape index (κ2) is 4.06. The van der Waals surface area contributed by atoms with Gasteiger partial charge in [0.15, 0.2) is 11.5 Å². The van der Waals surface area contributed by atoms with E-state index in [1.54, 1.807) is 7.05 Å². The van der Waals surface area contributed by atoms with E-state index < -0.39 is 11.7 Å². The predicted molar refractivity (Wildman–Crippen MR) is 64.2 cm³/mol. The van der Waals surface area contributed by atoms with Crippen LogP contribution in [0.25, 0.3) is 11.1 Å². The molecule has 0 saturated carbocycles. The Kier molecular flexibility index (Phi) is 2.56. The SMILES string of the molecule is Cn1ncc(-c2cc3c(cc2C(F)(F)F)OCO3)c1N. The van der Waals surface area contributed by atoms with E-state index in [1.807, 2.05) is 0 Å². The van der Waals surface area contributed by atoms with E-state index in [4.69, 9.17) is 15.2 Å². The smallest absolute Gasteiger partial charge is 0.417 e. The number of benzene rings is 1. The predicted octanol–water partition coefficient (Wildman–Crippen LogP) is 2.42. The lowest BCUT2D eigenvalue weighted by Crippen LogP contribution is -2.08. The highest BCUT2D eigenvalue weighted by Crippen LogP contribution is 2.45. The monoisotopic (exact) mass is 285 g/mol. The van der Waals surface area contributed by atoms with Crippen LogP contribution in [0.2, 0.25) is 0 Å². The molecule has 0 aliphatic carbocycles. The molecule has 1 aromatic heterocycles. The van der Waals surface area contributed by atoms with Gasteiger partial charge in [-0.15, -0.1) is 0 Å². The molecule has 20 heavy (non-hydrogen) atoms. The molecule has 2 N–H and O–H groups in total. The number of rotatable bonds is 1. The van der Waals surface area contributed by atoms with Crippen molar-refractivity contribution in [3.63, 3.8) is 0 Å². The van der Waals surface area contributed by atoms with E-state index in [-0.39, 0.29) is 35.2 Å². The van der Waals surface area contributed by atoms with Crippen molar-refractivity contribution in [2.45, 2.75) is 6.18 Å². The summed E-state index contributed by atoms with van der Waals surface area (Å²) in [5, 5.41) is 3.86. The van der Waals surface area contributed by atoms with Gasteiger partial charge in [-0.05, 0) is 12.1 Å². The van der Waals surface area contributed by atoms with Crippen molar-refractivity contribution >= 4 is 5.82 Å². The molecule has 0 unspecified atom stereocenters. The van der Waals surface area contributed by atoms with E-state index in [1.165, 1.54) is 16.9 Å². The Balaban J connectivity index is 2.26. The van der Waals surface area contributed by atoms with Gasteiger partial charge in [0.25, 0.3) is 0 Å². The van der Waals surface area contributed by atoms with Crippen LogP contribution in [0, 0.1) is 0 Å². The number of fused-ring (bicyclic) bond motifs is 1. The van der Waals surface area contributed by atoms with Crippen molar-refractivity contribution in [2.24, 2.45) is 7.05 Å². The lowest BCUT2D eigenvalue weighted by Gasteiger charge is -2.13. The molecule has 0 amide bonds. The Morgan fingerprint density at radius 2 is 1.85 bits per heavy atom. The molecule has 3 rings (SSSR count). The summed E-state index contributed by atoms with van der Waals surface area (Å²) in [6, 6.07) is 2.20. The van der Waals surface area contributed by atoms with Crippen LogP contribution in [0.3, 0.4) is 0 Å². The first-order valence-electron chi connectivity index (χ1n) is 5.66. The number of nitrogen functional groups attached to an aromatic ring is 1. The number of hydrogen-bond acceptors (Lipinski definition) is 4. The summed E-state index contributed by atoms with van der Waals surface area (Å²) in [5.74, 6) is 0.481. The van der Waals surface area contributed by atoms with Crippen molar-refractivity contribution in [2.75, 3.05) is 12.5 Å². The summed E-state index contributed by atoms with van der Waals surface area (Å²) in [4.78, 5) is 0. The van der Waals surface area contributed by atoms with Gasteiger partial charge in [0, 0.05) is 18.2 Å². The molecule has 0 saturated heterocycles. The van der Waals surface area contributed by atoms with Crippen molar-refractivity contribution in [1.29, 1.82) is 0 Å². The van der Waals surface area contributed by atoms with Crippen molar-refractivity contribution in [1.82, 2.24) is 9.78 Å². The number of halogens is 3. The lowest BCUT2D eigenvalue weighted by molar-refractivity contribution is -0.137. The summed E-state index contributed by atoms with van der Waals surface area (Å²) in [6.07, 6.45) is -3.24. The standard InChI is InChI=1S/C12H10F3N3O2/c1-18-11(16)7(4-17-18)6-2-9-10(20-5-19-9)3-8(6)12(13,14)15/h2-4H,5,16H2,1H3. The minimum absolute atomic E-state index is 0.0727. The van der Waals surface area contributed by atoms with Gasteiger partial charge >= 0.3 is 6.18 Å². The van der Waals surface area contributed by atoms with E-state index >= 15 is 0 Å². The summed E-state index contributed by atoms with van der Waals surface area (Å²) < 4.78 is 50.9. The fourth-order valence-corrected chi connectivity index (χ4v) is 2.05. The van der Waals surface area contributed by atoms with Crippen LogP contribution < -0.4 is 15.2 Å². The molecule has 0 fully saturated rings. The molecule has 0 atom stereocenters. The number of alkyl halides is 3. The molecule has 5 nitrogen and oxygen atoms in total. The normalized spacial score (nSPS) is 13.8. The van der Waals surface area contributed by atoms with Crippen LogP contribution in [-0.2, 0) is 13.2 Å². The van der Waals surface area contributed by atoms with Crippen LogP contribution in [0.5, 0.6) is 11.5 Å². The molecule has 0 radical (unpaired) electrons. The van der Waals surface area contributed by atoms with Gasteiger partial charge < -0.3 is 15.2 Å². The van der Waals surface area contributed by atoms with E-state index in [9.17, 15) is 13.2 Å². The summed E-state index contributed by atoms with van der Waals surface area (Å²) in [7, 11) is 1.55. The van der Waals surface area contributed by atoms with Crippen LogP contribution in [0.4, 0.5) is 19.0 Å². The summed E-state index contributed by atoms with van der Waals surface area (Å²) in [5.41, 5.74) is 5.05. The first kappa shape index (κ1) is 12.6. The fraction of sp³-hybridized carbons (Fsp3) is 0.250. The topological polar surface area (TPSA) is 62.3 Å². The number of nitrogens with two attached hydrogens (primary N) is 1. The van der Waals surface area contributed by atoms with Crippen LogP contribution in [0.1, 0.15) is 5.56 Å². The van der Waals surface area contributed by atoms with E-state index in [0.717, 1.165) is 6.07 Å². The molecule has 1 aliphatic rings. The minimum atomic E-state index is -4.53. The molecule has 106 valence electrons. The van der Waals surface area contributed by atoms with Crippen LogP contribution in [0.15, 0.2) is 18.3 Å². The summed E-state index contributed by atoms with van der Waals surface area (Å²) in [6.45, 7) is -0.0986. The third kappa shape index (κ3) is 1.84.